The van der Waals surface area contributed by atoms with Crippen molar-refractivity contribution in [2.45, 2.75) is 13.0 Å². The summed E-state index contributed by atoms with van der Waals surface area (Å²) in [5, 5.41) is 8.88. The second-order valence-electron chi connectivity index (χ2n) is 2.73. The van der Waals surface area contributed by atoms with Crippen LogP contribution in [0, 0.1) is 0 Å². The Hall–Kier alpha value is 0.270. The molecule has 0 aromatic heterocycles. The molecule has 2 nitrogen and oxygen atoms in total. The van der Waals surface area contributed by atoms with Gasteiger partial charge in [-0.1, -0.05) is 0 Å². The van der Waals surface area contributed by atoms with Crippen LogP contribution in [0.5, 0.6) is 0 Å². The zero-order chi connectivity index (χ0) is 7.98. The standard InChI is InChI=1S/C7H17NOS/c1-7(9)6-10-5-4-8(2)3/h7,9H,4-6H2,1-3H3/t7-/m0/s1. The fraction of sp³-hybridized carbons (Fsp3) is 1.00. The number of rotatable bonds is 5. The van der Waals surface area contributed by atoms with Crippen LogP contribution in [-0.2, 0) is 0 Å². The first-order chi connectivity index (χ1) is 4.63. The highest BCUT2D eigenvalue weighted by Gasteiger charge is 1.95. The Balaban J connectivity index is 2.91. The summed E-state index contributed by atoms with van der Waals surface area (Å²) in [6.07, 6.45) is -0.160. The molecule has 0 aromatic carbocycles. The van der Waals surface area contributed by atoms with Gasteiger partial charge in [-0.15, -0.1) is 0 Å². The topological polar surface area (TPSA) is 23.5 Å². The maximum atomic E-state index is 8.88. The van der Waals surface area contributed by atoms with Crippen molar-refractivity contribution in [1.82, 2.24) is 4.90 Å². The number of thioether (sulfide) groups is 1. The summed E-state index contributed by atoms with van der Waals surface area (Å²) in [5.41, 5.74) is 0. The third-order valence-electron chi connectivity index (χ3n) is 1.04. The van der Waals surface area contributed by atoms with Gasteiger partial charge in [-0.25, -0.2) is 0 Å². The summed E-state index contributed by atoms with van der Waals surface area (Å²) in [5.74, 6) is 1.96. The van der Waals surface area contributed by atoms with Gasteiger partial charge < -0.3 is 10.0 Å². The van der Waals surface area contributed by atoms with Gasteiger partial charge >= 0.3 is 0 Å². The van der Waals surface area contributed by atoms with Crippen molar-refractivity contribution in [3.63, 3.8) is 0 Å². The van der Waals surface area contributed by atoms with E-state index in [-0.39, 0.29) is 6.10 Å². The molecule has 0 bridgehead atoms. The Morgan fingerprint density at radius 3 is 2.50 bits per heavy atom. The smallest absolute Gasteiger partial charge is 0.0602 e. The monoisotopic (exact) mass is 163 g/mol. The molecule has 0 aliphatic carbocycles. The third kappa shape index (κ3) is 8.27. The maximum absolute atomic E-state index is 8.88. The number of nitrogens with zero attached hydrogens (tertiary/aromatic N) is 1. The Bertz CT molecular complexity index is 66.0. The molecule has 0 heterocycles. The fourth-order valence-electron chi connectivity index (χ4n) is 0.501. The molecular formula is C7H17NOS. The van der Waals surface area contributed by atoms with Gasteiger partial charge in [0.05, 0.1) is 6.10 Å². The van der Waals surface area contributed by atoms with Crippen molar-refractivity contribution in [3.05, 3.63) is 0 Å². The van der Waals surface area contributed by atoms with Crippen LogP contribution in [0.2, 0.25) is 0 Å². The number of aliphatic hydroxyl groups is 1. The second kappa shape index (κ2) is 6.01. The lowest BCUT2D eigenvalue weighted by atomic mass is 10.5. The first-order valence-corrected chi connectivity index (χ1v) is 4.69. The van der Waals surface area contributed by atoms with E-state index in [4.69, 9.17) is 5.11 Å². The maximum Gasteiger partial charge on any atom is 0.0602 e. The Morgan fingerprint density at radius 2 is 2.10 bits per heavy atom. The van der Waals surface area contributed by atoms with Crippen LogP contribution < -0.4 is 0 Å². The second-order valence-corrected chi connectivity index (χ2v) is 3.88. The lowest BCUT2D eigenvalue weighted by Gasteiger charge is -2.09. The average Bonchev–Trinajstić information content (AvgIpc) is 1.79. The summed E-state index contributed by atoms with van der Waals surface area (Å²) in [7, 11) is 4.12. The van der Waals surface area contributed by atoms with Crippen molar-refractivity contribution in [3.8, 4) is 0 Å². The normalized spacial score (nSPS) is 14.1. The average molecular weight is 163 g/mol. The molecule has 10 heavy (non-hydrogen) atoms. The number of aliphatic hydroxyl groups excluding tert-OH is 1. The van der Waals surface area contributed by atoms with Crippen molar-refractivity contribution < 1.29 is 5.11 Å². The zero-order valence-corrected chi connectivity index (χ0v) is 7.82. The molecule has 1 N–H and O–H groups in total. The van der Waals surface area contributed by atoms with Gasteiger partial charge in [-0.05, 0) is 21.0 Å². The van der Waals surface area contributed by atoms with E-state index in [1.807, 2.05) is 6.92 Å². The predicted octanol–water partition coefficient (Wildman–Crippen LogP) is 0.662. The van der Waals surface area contributed by atoms with E-state index in [0.717, 1.165) is 18.1 Å². The number of hydrogen-bond acceptors (Lipinski definition) is 3. The van der Waals surface area contributed by atoms with Crippen molar-refractivity contribution in [2.24, 2.45) is 0 Å². The Morgan fingerprint density at radius 1 is 1.50 bits per heavy atom. The molecular weight excluding hydrogens is 146 g/mol. The molecule has 0 amide bonds. The zero-order valence-electron chi connectivity index (χ0n) is 7.00. The van der Waals surface area contributed by atoms with Crippen molar-refractivity contribution in [2.75, 3.05) is 32.1 Å². The van der Waals surface area contributed by atoms with Crippen LogP contribution in [0.15, 0.2) is 0 Å². The molecule has 0 fully saturated rings. The van der Waals surface area contributed by atoms with Crippen LogP contribution >= 0.6 is 11.8 Å². The minimum absolute atomic E-state index is 0.160. The minimum Gasteiger partial charge on any atom is -0.393 e. The van der Waals surface area contributed by atoms with Crippen molar-refractivity contribution in [1.29, 1.82) is 0 Å². The van der Waals surface area contributed by atoms with Crippen LogP contribution in [0.4, 0.5) is 0 Å². The molecule has 0 aliphatic heterocycles. The van der Waals surface area contributed by atoms with Crippen LogP contribution in [0.3, 0.4) is 0 Å². The molecule has 0 saturated carbocycles. The van der Waals surface area contributed by atoms with Gasteiger partial charge in [0.25, 0.3) is 0 Å². The Labute approximate surface area is 67.6 Å². The van der Waals surface area contributed by atoms with E-state index in [0.29, 0.717) is 0 Å². The van der Waals surface area contributed by atoms with E-state index in [1.165, 1.54) is 0 Å². The molecule has 3 heteroatoms. The lowest BCUT2D eigenvalue weighted by molar-refractivity contribution is 0.220. The molecule has 0 aromatic rings. The number of hydrogen-bond donors (Lipinski definition) is 1. The van der Waals surface area contributed by atoms with E-state index < -0.39 is 0 Å². The first-order valence-electron chi connectivity index (χ1n) is 3.53. The van der Waals surface area contributed by atoms with Gasteiger partial charge in [-0.2, -0.15) is 11.8 Å². The van der Waals surface area contributed by atoms with Crippen LogP contribution in [0.1, 0.15) is 6.92 Å². The van der Waals surface area contributed by atoms with Gasteiger partial charge in [-0.3, -0.25) is 0 Å². The summed E-state index contributed by atoms with van der Waals surface area (Å²) >= 11 is 1.80. The molecule has 0 saturated heterocycles. The van der Waals surface area contributed by atoms with E-state index in [9.17, 15) is 0 Å². The summed E-state index contributed by atoms with van der Waals surface area (Å²) < 4.78 is 0. The van der Waals surface area contributed by atoms with Crippen LogP contribution in [0.25, 0.3) is 0 Å². The Kier molecular flexibility index (Phi) is 6.17. The molecule has 0 unspecified atom stereocenters. The predicted molar refractivity (Wildman–Crippen MR) is 47.6 cm³/mol. The highest BCUT2D eigenvalue weighted by Crippen LogP contribution is 2.01. The lowest BCUT2D eigenvalue weighted by Crippen LogP contribution is -2.16. The quantitative estimate of drug-likeness (QED) is 0.602. The van der Waals surface area contributed by atoms with Gasteiger partial charge in [0.15, 0.2) is 0 Å². The van der Waals surface area contributed by atoms with Crippen LogP contribution in [-0.4, -0.2) is 48.3 Å². The molecule has 1 atom stereocenters. The summed E-state index contributed by atoms with van der Waals surface area (Å²) in [6.45, 7) is 2.92. The molecule has 0 rings (SSSR count). The largest absolute Gasteiger partial charge is 0.393 e. The summed E-state index contributed by atoms with van der Waals surface area (Å²) in [6, 6.07) is 0. The highest BCUT2D eigenvalue weighted by molar-refractivity contribution is 7.99. The first kappa shape index (κ1) is 10.3. The van der Waals surface area contributed by atoms with Crippen molar-refractivity contribution >= 4 is 11.8 Å². The molecule has 62 valence electrons. The van der Waals surface area contributed by atoms with E-state index in [2.05, 4.69) is 19.0 Å². The molecule has 0 radical (unpaired) electrons. The highest BCUT2D eigenvalue weighted by atomic mass is 32.2. The van der Waals surface area contributed by atoms with E-state index in [1.54, 1.807) is 11.8 Å². The molecule has 0 aliphatic rings. The minimum atomic E-state index is -0.160. The van der Waals surface area contributed by atoms with Gasteiger partial charge in [0, 0.05) is 18.1 Å². The third-order valence-corrected chi connectivity index (χ3v) is 2.23. The van der Waals surface area contributed by atoms with E-state index >= 15 is 0 Å². The van der Waals surface area contributed by atoms with Gasteiger partial charge in [0.1, 0.15) is 0 Å². The van der Waals surface area contributed by atoms with Gasteiger partial charge in [0.2, 0.25) is 0 Å². The summed E-state index contributed by atoms with van der Waals surface area (Å²) in [4.78, 5) is 2.15. The fourth-order valence-corrected chi connectivity index (χ4v) is 1.50. The molecule has 0 spiro atoms. The SMILES string of the molecule is C[C@H](O)CSCCN(C)C.